The van der Waals surface area contributed by atoms with Gasteiger partial charge >= 0.3 is 6.03 Å². The number of carbonyl (C=O) groups is 2. The van der Waals surface area contributed by atoms with Crippen LogP contribution in [-0.4, -0.2) is 56.7 Å². The van der Waals surface area contributed by atoms with Gasteiger partial charge in [0.25, 0.3) is 5.91 Å². The van der Waals surface area contributed by atoms with Crippen LogP contribution in [0.25, 0.3) is 0 Å². The van der Waals surface area contributed by atoms with Crippen LogP contribution in [0.1, 0.15) is 5.56 Å². The molecule has 0 saturated carbocycles. The van der Waals surface area contributed by atoms with Gasteiger partial charge in [-0.1, -0.05) is 12.1 Å². The summed E-state index contributed by atoms with van der Waals surface area (Å²) in [5.41, 5.74) is 1.97. The van der Waals surface area contributed by atoms with E-state index in [9.17, 15) is 9.59 Å². The Labute approximate surface area is 124 Å². The number of aryl methyl sites for hydroxylation is 1. The van der Waals surface area contributed by atoms with Gasteiger partial charge in [-0.15, -0.1) is 0 Å². The maximum atomic E-state index is 12.0. The molecule has 114 valence electrons. The van der Waals surface area contributed by atoms with Crippen molar-refractivity contribution in [3.63, 3.8) is 0 Å². The lowest BCUT2D eigenvalue weighted by Crippen LogP contribution is -2.51. The molecule has 0 bridgehead atoms. The van der Waals surface area contributed by atoms with Crippen molar-refractivity contribution in [1.82, 2.24) is 10.2 Å². The molecule has 0 aromatic heterocycles. The van der Waals surface area contributed by atoms with Crippen LogP contribution in [0.4, 0.5) is 10.5 Å². The van der Waals surface area contributed by atoms with E-state index < -0.39 is 0 Å². The third-order valence-corrected chi connectivity index (χ3v) is 3.33. The molecule has 1 saturated heterocycles. The molecule has 1 aromatic rings. The number of morpholine rings is 1. The smallest absolute Gasteiger partial charge is 0.316 e. The summed E-state index contributed by atoms with van der Waals surface area (Å²) in [5, 5.41) is 2.77. The van der Waals surface area contributed by atoms with Gasteiger partial charge in [0.15, 0.2) is 0 Å². The summed E-state index contributed by atoms with van der Waals surface area (Å²) >= 11 is 0. The van der Waals surface area contributed by atoms with E-state index in [1.807, 2.05) is 31.2 Å². The highest BCUT2D eigenvalue weighted by Gasteiger charge is 2.27. The predicted molar refractivity (Wildman–Crippen MR) is 80.4 cm³/mol. The van der Waals surface area contributed by atoms with Crippen molar-refractivity contribution in [3.8, 4) is 0 Å². The predicted octanol–water partition coefficient (Wildman–Crippen LogP) is 0.998. The molecule has 2 rings (SSSR count). The van der Waals surface area contributed by atoms with Crippen LogP contribution >= 0.6 is 0 Å². The Kier molecular flexibility index (Phi) is 4.80. The third kappa shape index (κ3) is 3.95. The second-order valence-corrected chi connectivity index (χ2v) is 5.36. The van der Waals surface area contributed by atoms with E-state index in [1.54, 1.807) is 19.0 Å². The first-order valence-electron chi connectivity index (χ1n) is 6.91. The Balaban J connectivity index is 1.99. The molecule has 3 amide bonds. The molecule has 1 unspecified atom stereocenters. The summed E-state index contributed by atoms with van der Waals surface area (Å²) in [6, 6.07) is 7.63. The zero-order chi connectivity index (χ0) is 15.4. The van der Waals surface area contributed by atoms with E-state index in [2.05, 4.69) is 5.32 Å². The number of carbonyl (C=O) groups excluding carboxylic acids is 2. The fourth-order valence-electron chi connectivity index (χ4n) is 2.15. The number of urea groups is 1. The van der Waals surface area contributed by atoms with Crippen LogP contribution in [0.3, 0.4) is 0 Å². The van der Waals surface area contributed by atoms with Crippen LogP contribution < -0.4 is 10.2 Å². The van der Waals surface area contributed by atoms with Gasteiger partial charge in [0.05, 0.1) is 12.6 Å². The lowest BCUT2D eigenvalue weighted by Gasteiger charge is -2.33. The van der Waals surface area contributed by atoms with Crippen molar-refractivity contribution in [1.29, 1.82) is 0 Å². The number of nitrogens with zero attached hydrogens (tertiary/aromatic N) is 2. The Morgan fingerprint density at radius 2 is 2.24 bits per heavy atom. The number of hydrogen-bond acceptors (Lipinski definition) is 3. The number of amides is 3. The maximum Gasteiger partial charge on any atom is 0.316 e. The fourth-order valence-corrected chi connectivity index (χ4v) is 2.15. The maximum absolute atomic E-state index is 12.0. The van der Waals surface area contributed by atoms with Gasteiger partial charge in [0, 0.05) is 26.3 Å². The Hall–Kier alpha value is -2.08. The van der Waals surface area contributed by atoms with Crippen molar-refractivity contribution >= 4 is 17.6 Å². The number of hydrogen-bond donors (Lipinski definition) is 1. The lowest BCUT2D eigenvalue weighted by molar-refractivity contribution is -0.129. The molecule has 1 heterocycles. The highest BCUT2D eigenvalue weighted by atomic mass is 16.5. The highest BCUT2D eigenvalue weighted by Crippen LogP contribution is 2.19. The monoisotopic (exact) mass is 291 g/mol. The minimum Gasteiger partial charge on any atom is -0.365 e. The minimum atomic E-state index is -0.202. The van der Waals surface area contributed by atoms with Gasteiger partial charge < -0.3 is 19.9 Å². The second-order valence-electron chi connectivity index (χ2n) is 5.36. The standard InChI is InChI=1S/C15H21N3O3/c1-11-5-4-6-12(7-11)18-9-13(21-10-14(18)19)8-16-15(20)17(2)3/h4-7,13H,8-10H2,1-3H3,(H,16,20). The number of benzene rings is 1. The number of ether oxygens (including phenoxy) is 1. The molecule has 1 aliphatic rings. The molecular formula is C15H21N3O3. The first kappa shape index (κ1) is 15.3. The van der Waals surface area contributed by atoms with Gasteiger partial charge in [-0.05, 0) is 24.6 Å². The molecule has 0 spiro atoms. The van der Waals surface area contributed by atoms with Crippen molar-refractivity contribution in [3.05, 3.63) is 29.8 Å². The Bertz CT molecular complexity index is 531. The Morgan fingerprint density at radius 3 is 2.90 bits per heavy atom. The largest absolute Gasteiger partial charge is 0.365 e. The molecule has 21 heavy (non-hydrogen) atoms. The summed E-state index contributed by atoms with van der Waals surface area (Å²) in [4.78, 5) is 26.7. The number of anilines is 1. The first-order chi connectivity index (χ1) is 9.97. The lowest BCUT2D eigenvalue weighted by atomic mass is 10.1. The SMILES string of the molecule is Cc1cccc(N2CC(CNC(=O)N(C)C)OCC2=O)c1. The Morgan fingerprint density at radius 1 is 1.48 bits per heavy atom. The molecular weight excluding hydrogens is 270 g/mol. The zero-order valence-electron chi connectivity index (χ0n) is 12.6. The van der Waals surface area contributed by atoms with Crippen LogP contribution in [0.15, 0.2) is 24.3 Å². The van der Waals surface area contributed by atoms with Crippen LogP contribution in [0, 0.1) is 6.92 Å². The van der Waals surface area contributed by atoms with Crippen LogP contribution in [0.2, 0.25) is 0 Å². The first-order valence-corrected chi connectivity index (χ1v) is 6.91. The quantitative estimate of drug-likeness (QED) is 0.903. The average molecular weight is 291 g/mol. The van der Waals surface area contributed by atoms with E-state index >= 15 is 0 Å². The number of rotatable bonds is 3. The van der Waals surface area contributed by atoms with E-state index in [1.165, 1.54) is 4.90 Å². The van der Waals surface area contributed by atoms with Crippen LogP contribution in [-0.2, 0) is 9.53 Å². The molecule has 6 nitrogen and oxygen atoms in total. The molecule has 1 atom stereocenters. The molecule has 0 aliphatic carbocycles. The van der Waals surface area contributed by atoms with Crippen molar-refractivity contribution in [2.75, 3.05) is 38.7 Å². The van der Waals surface area contributed by atoms with Crippen molar-refractivity contribution < 1.29 is 14.3 Å². The van der Waals surface area contributed by atoms with E-state index in [4.69, 9.17) is 4.74 Å². The average Bonchev–Trinajstić information content (AvgIpc) is 2.45. The third-order valence-electron chi connectivity index (χ3n) is 3.33. The normalized spacial score (nSPS) is 18.5. The molecule has 1 fully saturated rings. The topological polar surface area (TPSA) is 61.9 Å². The van der Waals surface area contributed by atoms with Crippen molar-refractivity contribution in [2.24, 2.45) is 0 Å². The molecule has 1 aliphatic heterocycles. The molecule has 1 aromatic carbocycles. The number of nitrogens with one attached hydrogen (secondary N) is 1. The molecule has 0 radical (unpaired) electrons. The van der Waals surface area contributed by atoms with Gasteiger partial charge in [-0.25, -0.2) is 4.79 Å². The highest BCUT2D eigenvalue weighted by molar-refractivity contribution is 5.95. The second kappa shape index (κ2) is 6.58. The van der Waals surface area contributed by atoms with Crippen molar-refractivity contribution in [2.45, 2.75) is 13.0 Å². The summed E-state index contributed by atoms with van der Waals surface area (Å²) in [5.74, 6) is -0.0595. The van der Waals surface area contributed by atoms with Gasteiger partial charge in [0.2, 0.25) is 0 Å². The summed E-state index contributed by atoms with van der Waals surface area (Å²) < 4.78 is 5.48. The van der Waals surface area contributed by atoms with Crippen LogP contribution in [0.5, 0.6) is 0 Å². The van der Waals surface area contributed by atoms with Gasteiger partial charge in [-0.2, -0.15) is 0 Å². The molecule has 1 N–H and O–H groups in total. The fraction of sp³-hybridized carbons (Fsp3) is 0.467. The van der Waals surface area contributed by atoms with E-state index in [0.717, 1.165) is 11.3 Å². The molecule has 6 heteroatoms. The van der Waals surface area contributed by atoms with Gasteiger partial charge in [-0.3, -0.25) is 4.79 Å². The minimum absolute atomic E-state index is 0.0381. The summed E-state index contributed by atoms with van der Waals surface area (Å²) in [7, 11) is 3.36. The van der Waals surface area contributed by atoms with E-state index in [0.29, 0.717) is 13.1 Å². The van der Waals surface area contributed by atoms with Gasteiger partial charge in [0.1, 0.15) is 6.61 Å². The zero-order valence-corrected chi connectivity index (χ0v) is 12.6. The van der Waals surface area contributed by atoms with E-state index in [-0.39, 0.29) is 24.6 Å². The summed E-state index contributed by atoms with van der Waals surface area (Å²) in [6.07, 6.45) is -0.202. The summed E-state index contributed by atoms with van der Waals surface area (Å²) in [6.45, 7) is 2.85.